The first-order valence-corrected chi connectivity index (χ1v) is 6.11. The van der Waals surface area contributed by atoms with Crippen LogP contribution in [-0.2, 0) is 21.7 Å². The van der Waals surface area contributed by atoms with Gasteiger partial charge < -0.3 is 9.47 Å². The van der Waals surface area contributed by atoms with Gasteiger partial charge in [-0.2, -0.15) is 0 Å². The molecule has 2 aromatic rings. The number of hydrogen-bond donors (Lipinski definition) is 0. The Hall–Kier alpha value is -1.71. The van der Waals surface area contributed by atoms with Crippen molar-refractivity contribution >= 4 is 0 Å². The van der Waals surface area contributed by atoms with Gasteiger partial charge in [0.2, 0.25) is 5.79 Å². The van der Waals surface area contributed by atoms with Crippen molar-refractivity contribution in [2.75, 3.05) is 13.2 Å². The zero-order chi connectivity index (χ0) is 12.3. The van der Waals surface area contributed by atoms with E-state index in [-0.39, 0.29) is 0 Å². The molecule has 92 valence electrons. The molecule has 0 radical (unpaired) electrons. The fraction of sp³-hybridized carbons (Fsp3) is 0.267. The highest BCUT2D eigenvalue weighted by molar-refractivity contribution is 5.23. The molecule has 1 fully saturated rings. The van der Waals surface area contributed by atoms with Gasteiger partial charge in [-0.05, 0) is 11.6 Å². The second-order valence-corrected chi connectivity index (χ2v) is 4.35. The average Bonchev–Trinajstić information content (AvgIpc) is 2.91. The van der Waals surface area contributed by atoms with E-state index >= 15 is 0 Å². The molecule has 0 atom stereocenters. The summed E-state index contributed by atoms with van der Waals surface area (Å²) in [5, 5.41) is 0. The second kappa shape index (κ2) is 4.88. The van der Waals surface area contributed by atoms with Gasteiger partial charge in [0.15, 0.2) is 0 Å². The Bertz CT molecular complexity index is 492. The smallest absolute Gasteiger partial charge is 0.200 e. The molecule has 3 rings (SSSR count). The summed E-state index contributed by atoms with van der Waals surface area (Å²) in [5.41, 5.74) is 2.18. The van der Waals surface area contributed by atoms with Crippen molar-refractivity contribution in [2.24, 2.45) is 0 Å². The lowest BCUT2D eigenvalue weighted by molar-refractivity contribution is -0.164. The minimum absolute atomic E-state index is 0.627. The summed E-state index contributed by atoms with van der Waals surface area (Å²) in [4.78, 5) is 4.16. The van der Waals surface area contributed by atoms with Crippen LogP contribution in [-0.4, -0.2) is 18.2 Å². The van der Waals surface area contributed by atoms with Crippen LogP contribution in [0, 0.1) is 0 Å². The molecule has 1 aromatic heterocycles. The molecule has 0 amide bonds. The minimum atomic E-state index is -0.671. The summed E-state index contributed by atoms with van der Waals surface area (Å²) < 4.78 is 11.7. The summed E-state index contributed by atoms with van der Waals surface area (Å²) in [6, 6.07) is 14.2. The molecule has 1 aromatic carbocycles. The number of aromatic nitrogens is 1. The van der Waals surface area contributed by atoms with Gasteiger partial charge >= 0.3 is 0 Å². The Kier molecular flexibility index (Phi) is 3.09. The Morgan fingerprint density at radius 1 is 1.00 bits per heavy atom. The van der Waals surface area contributed by atoms with Crippen LogP contribution in [0.1, 0.15) is 11.1 Å². The van der Waals surface area contributed by atoms with Crippen molar-refractivity contribution in [3.05, 3.63) is 66.0 Å². The van der Waals surface area contributed by atoms with Crippen molar-refractivity contribution in [1.29, 1.82) is 0 Å². The van der Waals surface area contributed by atoms with Gasteiger partial charge in [0, 0.05) is 24.4 Å². The Morgan fingerprint density at radius 3 is 2.44 bits per heavy atom. The second-order valence-electron chi connectivity index (χ2n) is 4.35. The van der Waals surface area contributed by atoms with Crippen LogP contribution in [0.5, 0.6) is 0 Å². The Morgan fingerprint density at radius 2 is 1.78 bits per heavy atom. The standard InChI is InChI=1S/C15H15NO2/c1-2-5-13(6-3-1)11-15(17-9-10-18-15)14-7-4-8-16-12-14/h1-8,12H,9-11H2. The number of ether oxygens (including phenoxy) is 2. The lowest BCUT2D eigenvalue weighted by Crippen LogP contribution is -2.30. The maximum atomic E-state index is 5.87. The molecule has 0 N–H and O–H groups in total. The molecule has 1 saturated heterocycles. The van der Waals surface area contributed by atoms with Crippen molar-refractivity contribution in [3.8, 4) is 0 Å². The number of rotatable bonds is 3. The van der Waals surface area contributed by atoms with Gasteiger partial charge in [-0.1, -0.05) is 36.4 Å². The largest absolute Gasteiger partial charge is 0.343 e. The van der Waals surface area contributed by atoms with Gasteiger partial charge in [-0.15, -0.1) is 0 Å². The number of nitrogens with zero attached hydrogens (tertiary/aromatic N) is 1. The highest BCUT2D eigenvalue weighted by atomic mass is 16.7. The molecule has 18 heavy (non-hydrogen) atoms. The zero-order valence-corrected chi connectivity index (χ0v) is 10.1. The SMILES string of the molecule is c1ccc(CC2(c3cccnc3)OCCO2)cc1. The van der Waals surface area contributed by atoms with E-state index in [0.717, 1.165) is 5.56 Å². The topological polar surface area (TPSA) is 31.4 Å². The van der Waals surface area contributed by atoms with Crippen molar-refractivity contribution < 1.29 is 9.47 Å². The first-order valence-electron chi connectivity index (χ1n) is 6.11. The third-order valence-corrected chi connectivity index (χ3v) is 3.13. The lowest BCUT2D eigenvalue weighted by Gasteiger charge is -2.27. The molecule has 2 heterocycles. The minimum Gasteiger partial charge on any atom is -0.343 e. The van der Waals surface area contributed by atoms with Crippen LogP contribution in [0.3, 0.4) is 0 Å². The maximum absolute atomic E-state index is 5.87. The highest BCUT2D eigenvalue weighted by Crippen LogP contribution is 2.34. The van der Waals surface area contributed by atoms with E-state index in [1.54, 1.807) is 6.20 Å². The van der Waals surface area contributed by atoms with Gasteiger partial charge in [0.25, 0.3) is 0 Å². The number of hydrogen-bond acceptors (Lipinski definition) is 3. The van der Waals surface area contributed by atoms with E-state index < -0.39 is 5.79 Å². The average molecular weight is 241 g/mol. The van der Waals surface area contributed by atoms with Crippen LogP contribution in [0.25, 0.3) is 0 Å². The van der Waals surface area contributed by atoms with E-state index in [4.69, 9.17) is 9.47 Å². The molecular weight excluding hydrogens is 226 g/mol. The molecule has 3 heteroatoms. The number of pyridine rings is 1. The lowest BCUT2D eigenvalue weighted by atomic mass is 9.99. The van der Waals surface area contributed by atoms with Crippen molar-refractivity contribution in [1.82, 2.24) is 4.98 Å². The zero-order valence-electron chi connectivity index (χ0n) is 10.1. The summed E-state index contributed by atoms with van der Waals surface area (Å²) >= 11 is 0. The Balaban J connectivity index is 1.93. The monoisotopic (exact) mass is 241 g/mol. The molecule has 1 aliphatic rings. The quantitative estimate of drug-likeness (QED) is 0.827. The van der Waals surface area contributed by atoms with Crippen LogP contribution in [0.15, 0.2) is 54.9 Å². The van der Waals surface area contributed by atoms with E-state index in [1.165, 1.54) is 5.56 Å². The van der Waals surface area contributed by atoms with Crippen molar-refractivity contribution in [3.63, 3.8) is 0 Å². The van der Waals surface area contributed by atoms with Gasteiger partial charge in [-0.25, -0.2) is 0 Å². The number of benzene rings is 1. The van der Waals surface area contributed by atoms with Gasteiger partial charge in [-0.3, -0.25) is 4.98 Å². The third kappa shape index (κ3) is 2.15. The van der Waals surface area contributed by atoms with E-state index in [1.807, 2.05) is 36.5 Å². The van der Waals surface area contributed by atoms with Crippen LogP contribution < -0.4 is 0 Å². The van der Waals surface area contributed by atoms with Crippen molar-refractivity contribution in [2.45, 2.75) is 12.2 Å². The summed E-state index contributed by atoms with van der Waals surface area (Å²) in [5.74, 6) is -0.671. The first kappa shape index (κ1) is 11.4. The Labute approximate surface area is 106 Å². The summed E-state index contributed by atoms with van der Waals surface area (Å²) in [7, 11) is 0. The summed E-state index contributed by atoms with van der Waals surface area (Å²) in [6.45, 7) is 1.25. The molecular formula is C15H15NO2. The first-order chi connectivity index (χ1) is 8.89. The van der Waals surface area contributed by atoms with Gasteiger partial charge in [0.1, 0.15) is 0 Å². The molecule has 0 bridgehead atoms. The molecule has 1 aliphatic heterocycles. The predicted octanol–water partition coefficient (Wildman–Crippen LogP) is 2.52. The molecule has 0 spiro atoms. The molecule has 0 aliphatic carbocycles. The maximum Gasteiger partial charge on any atom is 0.200 e. The fourth-order valence-corrected chi connectivity index (χ4v) is 2.28. The van der Waals surface area contributed by atoms with Gasteiger partial charge in [0.05, 0.1) is 13.2 Å². The predicted molar refractivity (Wildman–Crippen MR) is 68.0 cm³/mol. The molecule has 0 saturated carbocycles. The molecule has 0 unspecified atom stereocenters. The van der Waals surface area contributed by atoms with E-state index in [0.29, 0.717) is 19.6 Å². The fourth-order valence-electron chi connectivity index (χ4n) is 2.28. The van der Waals surface area contributed by atoms with Crippen LogP contribution in [0.2, 0.25) is 0 Å². The van der Waals surface area contributed by atoms with Crippen LogP contribution >= 0.6 is 0 Å². The third-order valence-electron chi connectivity index (χ3n) is 3.13. The van der Waals surface area contributed by atoms with E-state index in [9.17, 15) is 0 Å². The van der Waals surface area contributed by atoms with E-state index in [2.05, 4.69) is 17.1 Å². The highest BCUT2D eigenvalue weighted by Gasteiger charge is 2.38. The van der Waals surface area contributed by atoms with Crippen LogP contribution in [0.4, 0.5) is 0 Å². The normalized spacial score (nSPS) is 17.8. The summed E-state index contributed by atoms with van der Waals surface area (Å²) in [6.07, 6.45) is 4.28. The molecule has 3 nitrogen and oxygen atoms in total.